The Bertz CT molecular complexity index is 531. The lowest BCUT2D eigenvalue weighted by Crippen LogP contribution is -2.10. The highest BCUT2D eigenvalue weighted by atomic mass is 16.5. The fraction of sp³-hybridized carbons (Fsp3) is 0.154. The summed E-state index contributed by atoms with van der Waals surface area (Å²) in [6, 6.07) is 9.15. The highest BCUT2D eigenvalue weighted by molar-refractivity contribution is 5.97. The third kappa shape index (κ3) is 2.30. The lowest BCUT2D eigenvalue weighted by atomic mass is 10.1. The maximum Gasteiger partial charge on any atom is 0.285 e. The zero-order chi connectivity index (χ0) is 12.3. The molecule has 0 saturated heterocycles. The van der Waals surface area contributed by atoms with Crippen LogP contribution >= 0.6 is 0 Å². The fourth-order valence-corrected chi connectivity index (χ4v) is 1.65. The van der Waals surface area contributed by atoms with Gasteiger partial charge in [-0.15, -0.1) is 0 Å². The molecule has 0 aliphatic heterocycles. The molecule has 4 heteroatoms. The summed E-state index contributed by atoms with van der Waals surface area (Å²) < 4.78 is 10.5. The van der Waals surface area contributed by atoms with E-state index in [0.717, 1.165) is 11.3 Å². The number of ether oxygens (including phenoxy) is 1. The van der Waals surface area contributed by atoms with Gasteiger partial charge in [-0.3, -0.25) is 4.79 Å². The number of hydrogen-bond donors (Lipinski definition) is 1. The first kappa shape index (κ1) is 11.3. The quantitative estimate of drug-likeness (QED) is 0.878. The summed E-state index contributed by atoms with van der Waals surface area (Å²) in [6.45, 7) is 2.51. The van der Waals surface area contributed by atoms with E-state index in [4.69, 9.17) is 14.9 Å². The van der Waals surface area contributed by atoms with Crippen LogP contribution in [0.5, 0.6) is 5.75 Å². The summed E-state index contributed by atoms with van der Waals surface area (Å²) >= 11 is 0. The van der Waals surface area contributed by atoms with Crippen LogP contribution in [0.4, 0.5) is 0 Å². The minimum atomic E-state index is -0.577. The van der Waals surface area contributed by atoms with Gasteiger partial charge in [-0.2, -0.15) is 0 Å². The SMILES string of the molecule is CCOc1cccc(-c2ccoc2C(N)=O)c1. The Morgan fingerprint density at radius 2 is 2.24 bits per heavy atom. The van der Waals surface area contributed by atoms with Crippen LogP contribution in [0.3, 0.4) is 0 Å². The monoisotopic (exact) mass is 231 g/mol. The Kier molecular flexibility index (Phi) is 3.14. The lowest BCUT2D eigenvalue weighted by molar-refractivity contribution is 0.0975. The number of rotatable bonds is 4. The van der Waals surface area contributed by atoms with Crippen LogP contribution in [0.15, 0.2) is 41.0 Å². The number of primary amides is 1. The van der Waals surface area contributed by atoms with Gasteiger partial charge in [-0.25, -0.2) is 0 Å². The van der Waals surface area contributed by atoms with Crippen LogP contribution in [0.2, 0.25) is 0 Å². The maximum atomic E-state index is 11.2. The minimum Gasteiger partial charge on any atom is -0.494 e. The van der Waals surface area contributed by atoms with Crippen molar-refractivity contribution >= 4 is 5.91 Å². The fourth-order valence-electron chi connectivity index (χ4n) is 1.65. The van der Waals surface area contributed by atoms with Crippen molar-refractivity contribution in [3.63, 3.8) is 0 Å². The average molecular weight is 231 g/mol. The zero-order valence-corrected chi connectivity index (χ0v) is 9.47. The summed E-state index contributed by atoms with van der Waals surface area (Å²) in [5.41, 5.74) is 6.75. The predicted octanol–water partition coefficient (Wildman–Crippen LogP) is 2.44. The Hall–Kier alpha value is -2.23. The summed E-state index contributed by atoms with van der Waals surface area (Å²) in [5.74, 6) is 0.340. The Labute approximate surface area is 99.0 Å². The first-order chi connectivity index (χ1) is 8.22. The third-order valence-electron chi connectivity index (χ3n) is 2.35. The number of furan rings is 1. The highest BCUT2D eigenvalue weighted by Gasteiger charge is 2.13. The van der Waals surface area contributed by atoms with Crippen molar-refractivity contribution in [1.82, 2.24) is 0 Å². The van der Waals surface area contributed by atoms with E-state index in [1.165, 1.54) is 6.26 Å². The van der Waals surface area contributed by atoms with E-state index in [1.807, 2.05) is 31.2 Å². The van der Waals surface area contributed by atoms with E-state index < -0.39 is 5.91 Å². The molecule has 0 unspecified atom stereocenters. The van der Waals surface area contributed by atoms with Crippen molar-refractivity contribution in [1.29, 1.82) is 0 Å². The molecular weight excluding hydrogens is 218 g/mol. The van der Waals surface area contributed by atoms with Gasteiger partial charge in [0.25, 0.3) is 5.91 Å². The Balaban J connectivity index is 2.42. The molecule has 0 aliphatic rings. The molecule has 0 radical (unpaired) electrons. The molecule has 0 atom stereocenters. The molecule has 0 saturated carbocycles. The molecule has 0 bridgehead atoms. The van der Waals surface area contributed by atoms with Crippen LogP contribution in [-0.2, 0) is 0 Å². The molecule has 4 nitrogen and oxygen atoms in total. The Morgan fingerprint density at radius 3 is 2.94 bits per heavy atom. The van der Waals surface area contributed by atoms with Gasteiger partial charge < -0.3 is 14.9 Å². The summed E-state index contributed by atoms with van der Waals surface area (Å²) in [4.78, 5) is 11.2. The van der Waals surface area contributed by atoms with Gasteiger partial charge in [0, 0.05) is 5.56 Å². The van der Waals surface area contributed by atoms with Crippen molar-refractivity contribution in [2.24, 2.45) is 5.73 Å². The smallest absolute Gasteiger partial charge is 0.285 e. The van der Waals surface area contributed by atoms with Gasteiger partial charge in [-0.05, 0) is 30.7 Å². The van der Waals surface area contributed by atoms with Crippen LogP contribution in [-0.4, -0.2) is 12.5 Å². The van der Waals surface area contributed by atoms with E-state index in [2.05, 4.69) is 0 Å². The summed E-state index contributed by atoms with van der Waals surface area (Å²) in [7, 11) is 0. The number of carbonyl (C=O) groups excluding carboxylic acids is 1. The molecule has 1 amide bonds. The molecule has 1 heterocycles. The van der Waals surface area contributed by atoms with Crippen molar-refractivity contribution < 1.29 is 13.9 Å². The number of benzene rings is 1. The molecule has 0 aliphatic carbocycles. The molecule has 0 fully saturated rings. The van der Waals surface area contributed by atoms with E-state index in [-0.39, 0.29) is 5.76 Å². The second kappa shape index (κ2) is 4.74. The first-order valence-corrected chi connectivity index (χ1v) is 5.33. The van der Waals surface area contributed by atoms with Crippen molar-refractivity contribution in [2.45, 2.75) is 6.92 Å². The van der Waals surface area contributed by atoms with Crippen molar-refractivity contribution in [3.05, 3.63) is 42.4 Å². The zero-order valence-electron chi connectivity index (χ0n) is 9.47. The van der Waals surface area contributed by atoms with Crippen molar-refractivity contribution in [2.75, 3.05) is 6.61 Å². The number of hydrogen-bond acceptors (Lipinski definition) is 3. The molecular formula is C13H13NO3. The van der Waals surface area contributed by atoms with Crippen LogP contribution in [0.25, 0.3) is 11.1 Å². The van der Waals surface area contributed by atoms with Gasteiger partial charge >= 0.3 is 0 Å². The predicted molar refractivity (Wildman–Crippen MR) is 63.8 cm³/mol. The highest BCUT2D eigenvalue weighted by Crippen LogP contribution is 2.27. The topological polar surface area (TPSA) is 65.5 Å². The van der Waals surface area contributed by atoms with Gasteiger partial charge in [0.1, 0.15) is 5.75 Å². The van der Waals surface area contributed by atoms with Gasteiger partial charge in [-0.1, -0.05) is 12.1 Å². The van der Waals surface area contributed by atoms with E-state index >= 15 is 0 Å². The van der Waals surface area contributed by atoms with E-state index in [9.17, 15) is 4.79 Å². The second-order valence-corrected chi connectivity index (χ2v) is 3.49. The molecule has 17 heavy (non-hydrogen) atoms. The lowest BCUT2D eigenvalue weighted by Gasteiger charge is -2.05. The first-order valence-electron chi connectivity index (χ1n) is 5.33. The van der Waals surface area contributed by atoms with Crippen molar-refractivity contribution in [3.8, 4) is 16.9 Å². The largest absolute Gasteiger partial charge is 0.494 e. The second-order valence-electron chi connectivity index (χ2n) is 3.49. The standard InChI is InChI=1S/C13H13NO3/c1-2-16-10-5-3-4-9(8-10)11-6-7-17-12(11)13(14)15/h3-8H,2H2,1H3,(H2,14,15). The van der Waals surface area contributed by atoms with Gasteiger partial charge in [0.15, 0.2) is 5.76 Å². The number of amides is 1. The average Bonchev–Trinajstić information content (AvgIpc) is 2.79. The summed E-state index contributed by atoms with van der Waals surface area (Å²) in [6.07, 6.45) is 1.45. The molecule has 88 valence electrons. The van der Waals surface area contributed by atoms with Gasteiger partial charge in [0.05, 0.1) is 12.9 Å². The molecule has 2 aromatic rings. The van der Waals surface area contributed by atoms with E-state index in [0.29, 0.717) is 12.2 Å². The molecule has 2 rings (SSSR count). The molecule has 0 spiro atoms. The Morgan fingerprint density at radius 1 is 1.41 bits per heavy atom. The van der Waals surface area contributed by atoms with Gasteiger partial charge in [0.2, 0.25) is 0 Å². The molecule has 1 aromatic carbocycles. The maximum absolute atomic E-state index is 11.2. The van der Waals surface area contributed by atoms with Crippen LogP contribution in [0, 0.1) is 0 Å². The van der Waals surface area contributed by atoms with Crippen LogP contribution in [0.1, 0.15) is 17.5 Å². The number of carbonyl (C=O) groups is 1. The minimum absolute atomic E-state index is 0.165. The normalized spacial score (nSPS) is 10.2. The molecule has 2 N–H and O–H groups in total. The number of nitrogens with two attached hydrogens (primary N) is 1. The van der Waals surface area contributed by atoms with E-state index in [1.54, 1.807) is 6.07 Å². The summed E-state index contributed by atoms with van der Waals surface area (Å²) in [5, 5.41) is 0. The third-order valence-corrected chi connectivity index (χ3v) is 2.35. The van der Waals surface area contributed by atoms with Crippen LogP contribution < -0.4 is 10.5 Å². The molecule has 1 aromatic heterocycles.